The molecule has 150 valence electrons. The highest BCUT2D eigenvalue weighted by atomic mass is 35.5. The number of benzene rings is 1. The average molecular weight is 416 g/mol. The molecule has 1 aliphatic rings. The molecule has 8 nitrogen and oxygen atoms in total. The predicted molar refractivity (Wildman–Crippen MR) is 105 cm³/mol. The highest BCUT2D eigenvalue weighted by Crippen LogP contribution is 2.46. The van der Waals surface area contributed by atoms with E-state index in [1.165, 1.54) is 21.3 Å². The molecule has 1 atom stereocenters. The largest absolute Gasteiger partial charge is 0.493 e. The zero-order chi connectivity index (χ0) is 21.3. The summed E-state index contributed by atoms with van der Waals surface area (Å²) in [6.45, 7) is 1.57. The Morgan fingerprint density at radius 1 is 1.28 bits per heavy atom. The number of esters is 1. The van der Waals surface area contributed by atoms with Gasteiger partial charge in [0.2, 0.25) is 5.88 Å². The maximum atomic E-state index is 12.6. The van der Waals surface area contributed by atoms with Gasteiger partial charge in [0.15, 0.2) is 11.5 Å². The van der Waals surface area contributed by atoms with Gasteiger partial charge < -0.3 is 24.7 Å². The molecule has 0 amide bonds. The van der Waals surface area contributed by atoms with Crippen molar-refractivity contribution in [1.29, 1.82) is 5.26 Å². The highest BCUT2D eigenvalue weighted by Gasteiger charge is 2.38. The summed E-state index contributed by atoms with van der Waals surface area (Å²) < 4.78 is 21.1. The van der Waals surface area contributed by atoms with Crippen molar-refractivity contribution in [3.05, 3.63) is 51.8 Å². The topological polar surface area (TPSA) is 117 Å². The Morgan fingerprint density at radius 2 is 1.93 bits per heavy atom. The molecule has 0 spiro atoms. The fraction of sp³-hybridized carbons (Fsp3) is 0.250. The molecule has 2 heterocycles. The quantitative estimate of drug-likeness (QED) is 0.597. The third-order valence-electron chi connectivity index (χ3n) is 4.68. The van der Waals surface area contributed by atoms with Crippen molar-refractivity contribution in [2.45, 2.75) is 12.8 Å². The van der Waals surface area contributed by atoms with E-state index in [2.05, 4.69) is 4.98 Å². The van der Waals surface area contributed by atoms with Crippen LogP contribution in [0.4, 0.5) is 0 Å². The van der Waals surface area contributed by atoms with Crippen molar-refractivity contribution in [3.63, 3.8) is 0 Å². The van der Waals surface area contributed by atoms with Gasteiger partial charge in [-0.2, -0.15) is 5.26 Å². The lowest BCUT2D eigenvalue weighted by Gasteiger charge is -2.27. The van der Waals surface area contributed by atoms with Crippen LogP contribution in [0.15, 0.2) is 41.1 Å². The van der Waals surface area contributed by atoms with Crippen LogP contribution in [0.5, 0.6) is 11.5 Å². The molecule has 0 bridgehead atoms. The Kier molecular flexibility index (Phi) is 5.52. The molecule has 0 saturated heterocycles. The summed E-state index contributed by atoms with van der Waals surface area (Å²) in [5.41, 5.74) is 6.50. The standard InChI is InChI=1S/C20H18ClN3O5/c1-9-15(20(25)28-4)16(12(7-22)19(23)29-9)17-11-6-14(27-3)13(26-2)5-10(11)8-24-18(17)21/h5-6,8,16H,23H2,1-4H3. The molecule has 2 aromatic rings. The molecular weight excluding hydrogens is 398 g/mol. The van der Waals surface area contributed by atoms with Crippen molar-refractivity contribution in [1.82, 2.24) is 4.98 Å². The van der Waals surface area contributed by atoms with Gasteiger partial charge in [-0.15, -0.1) is 0 Å². The van der Waals surface area contributed by atoms with Gasteiger partial charge in [0.25, 0.3) is 0 Å². The van der Waals surface area contributed by atoms with Gasteiger partial charge in [-0.1, -0.05) is 11.6 Å². The molecule has 0 aliphatic carbocycles. The number of hydrogen-bond donors (Lipinski definition) is 1. The monoisotopic (exact) mass is 415 g/mol. The lowest BCUT2D eigenvalue weighted by molar-refractivity contribution is -0.136. The van der Waals surface area contributed by atoms with Gasteiger partial charge >= 0.3 is 5.97 Å². The fourth-order valence-electron chi connectivity index (χ4n) is 3.36. The van der Waals surface area contributed by atoms with Crippen LogP contribution in [0.3, 0.4) is 0 Å². The first-order valence-corrected chi connectivity index (χ1v) is 8.82. The number of methoxy groups -OCH3 is 3. The summed E-state index contributed by atoms with van der Waals surface area (Å²) in [6, 6.07) is 5.46. The molecule has 1 unspecified atom stereocenters. The Labute approximate surface area is 172 Å². The van der Waals surface area contributed by atoms with Crippen LogP contribution >= 0.6 is 11.6 Å². The van der Waals surface area contributed by atoms with Crippen LogP contribution in [-0.2, 0) is 14.3 Å². The first kappa shape index (κ1) is 20.3. The number of nitrogens with two attached hydrogens (primary N) is 1. The average Bonchev–Trinajstić information content (AvgIpc) is 2.71. The van der Waals surface area contributed by atoms with E-state index in [4.69, 9.17) is 36.3 Å². The zero-order valence-corrected chi connectivity index (χ0v) is 17.0. The summed E-state index contributed by atoms with van der Waals surface area (Å²) in [6.07, 6.45) is 1.57. The molecule has 3 rings (SSSR count). The van der Waals surface area contributed by atoms with Crippen LogP contribution in [0.1, 0.15) is 18.4 Å². The minimum Gasteiger partial charge on any atom is -0.493 e. The lowest BCUT2D eigenvalue weighted by Crippen LogP contribution is -2.25. The number of fused-ring (bicyclic) bond motifs is 1. The number of ether oxygens (including phenoxy) is 4. The van der Waals surface area contributed by atoms with Crippen molar-refractivity contribution >= 4 is 28.3 Å². The molecule has 0 fully saturated rings. The number of carbonyl (C=O) groups excluding carboxylic acids is 1. The Hall–Kier alpha value is -3.44. The van der Waals surface area contributed by atoms with Crippen molar-refractivity contribution < 1.29 is 23.7 Å². The van der Waals surface area contributed by atoms with E-state index in [1.54, 1.807) is 25.3 Å². The molecule has 1 aliphatic heterocycles. The third-order valence-corrected chi connectivity index (χ3v) is 4.99. The Bertz CT molecular complexity index is 1120. The predicted octanol–water partition coefficient (Wildman–Crippen LogP) is 3.16. The maximum absolute atomic E-state index is 12.6. The van der Waals surface area contributed by atoms with Gasteiger partial charge in [0, 0.05) is 17.1 Å². The normalized spacial score (nSPS) is 16.3. The van der Waals surface area contributed by atoms with E-state index >= 15 is 0 Å². The second-order valence-corrected chi connectivity index (χ2v) is 6.50. The van der Waals surface area contributed by atoms with Crippen LogP contribution in [0.2, 0.25) is 5.15 Å². The molecule has 0 radical (unpaired) electrons. The van der Waals surface area contributed by atoms with E-state index in [0.717, 1.165) is 0 Å². The van der Waals surface area contributed by atoms with E-state index in [0.29, 0.717) is 27.8 Å². The fourth-order valence-corrected chi connectivity index (χ4v) is 3.62. The number of allylic oxidation sites excluding steroid dienone is 2. The third kappa shape index (κ3) is 3.30. The number of aromatic nitrogens is 1. The number of rotatable bonds is 4. The van der Waals surface area contributed by atoms with E-state index in [1.807, 2.05) is 6.07 Å². The first-order chi connectivity index (χ1) is 13.9. The summed E-state index contributed by atoms with van der Waals surface area (Å²) in [7, 11) is 4.26. The number of nitrogens with zero attached hydrogens (tertiary/aromatic N) is 2. The Morgan fingerprint density at radius 3 is 2.52 bits per heavy atom. The van der Waals surface area contributed by atoms with Crippen molar-refractivity contribution in [2.24, 2.45) is 5.73 Å². The number of carbonyl (C=O) groups is 1. The SMILES string of the molecule is COC(=O)C1=C(C)OC(N)=C(C#N)C1c1c(Cl)ncc2cc(OC)c(OC)cc12. The van der Waals surface area contributed by atoms with Crippen molar-refractivity contribution in [3.8, 4) is 17.6 Å². The number of nitriles is 1. The molecule has 9 heteroatoms. The molecule has 2 N–H and O–H groups in total. The van der Waals surface area contributed by atoms with Gasteiger partial charge in [-0.3, -0.25) is 0 Å². The number of hydrogen-bond acceptors (Lipinski definition) is 8. The summed E-state index contributed by atoms with van der Waals surface area (Å²) in [5.74, 6) is -0.545. The van der Waals surface area contributed by atoms with Gasteiger partial charge in [-0.05, 0) is 24.4 Å². The molecular formula is C20H18ClN3O5. The zero-order valence-electron chi connectivity index (χ0n) is 16.2. The van der Waals surface area contributed by atoms with Gasteiger partial charge in [0.05, 0.1) is 32.8 Å². The number of halogens is 1. The van der Waals surface area contributed by atoms with Crippen LogP contribution in [0, 0.1) is 11.3 Å². The first-order valence-electron chi connectivity index (χ1n) is 8.44. The van der Waals surface area contributed by atoms with Crippen LogP contribution < -0.4 is 15.2 Å². The van der Waals surface area contributed by atoms with Crippen molar-refractivity contribution in [2.75, 3.05) is 21.3 Å². The second kappa shape index (κ2) is 7.89. The van der Waals surface area contributed by atoms with Crippen LogP contribution in [-0.4, -0.2) is 32.3 Å². The summed E-state index contributed by atoms with van der Waals surface area (Å²) >= 11 is 6.47. The van der Waals surface area contributed by atoms with Gasteiger partial charge in [-0.25, -0.2) is 9.78 Å². The maximum Gasteiger partial charge on any atom is 0.338 e. The molecule has 29 heavy (non-hydrogen) atoms. The smallest absolute Gasteiger partial charge is 0.338 e. The highest BCUT2D eigenvalue weighted by molar-refractivity contribution is 6.31. The number of pyridine rings is 1. The van der Waals surface area contributed by atoms with Crippen LogP contribution in [0.25, 0.3) is 10.8 Å². The molecule has 0 saturated carbocycles. The summed E-state index contributed by atoms with van der Waals surface area (Å²) in [4.78, 5) is 16.8. The van der Waals surface area contributed by atoms with Gasteiger partial charge in [0.1, 0.15) is 22.6 Å². The van der Waals surface area contributed by atoms with E-state index in [-0.39, 0.29) is 27.9 Å². The second-order valence-electron chi connectivity index (χ2n) is 6.14. The van der Waals surface area contributed by atoms with E-state index < -0.39 is 11.9 Å². The Balaban J connectivity index is 2.42. The van der Waals surface area contributed by atoms with E-state index in [9.17, 15) is 10.1 Å². The minimum atomic E-state index is -0.928. The lowest BCUT2D eigenvalue weighted by atomic mass is 9.81. The molecule has 1 aromatic heterocycles. The summed E-state index contributed by atoms with van der Waals surface area (Å²) in [5, 5.41) is 11.1. The molecule has 1 aromatic carbocycles. The minimum absolute atomic E-state index is 0.0296.